The molecule has 6 heteroatoms. The topological polar surface area (TPSA) is 76.2 Å². The molecule has 0 amide bonds. The molecule has 0 aromatic carbocycles. The zero-order chi connectivity index (χ0) is 11.6. The summed E-state index contributed by atoms with van der Waals surface area (Å²) < 4.78 is 13.4. The van der Waals surface area contributed by atoms with E-state index in [1.807, 2.05) is 0 Å². The minimum atomic E-state index is -1.19. The Balaban J connectivity index is 3.06. The van der Waals surface area contributed by atoms with Crippen LogP contribution in [0.2, 0.25) is 5.15 Å². The molecule has 1 rings (SSSR count). The zero-order valence-corrected chi connectivity index (χ0v) is 8.70. The molecule has 0 aliphatic heterocycles. The number of pyridine rings is 1. The van der Waals surface area contributed by atoms with Crippen molar-refractivity contribution in [2.45, 2.75) is 18.9 Å². The maximum Gasteiger partial charge on any atom is 0.321 e. The lowest BCUT2D eigenvalue weighted by molar-refractivity contribution is -0.139. The van der Waals surface area contributed by atoms with Gasteiger partial charge in [0.15, 0.2) is 11.0 Å². The Labute approximate surface area is 90.9 Å². The predicted molar refractivity (Wildman–Crippen MR) is 53.2 cm³/mol. The second-order valence-electron chi connectivity index (χ2n) is 3.16. The second-order valence-corrected chi connectivity index (χ2v) is 3.52. The fraction of sp³-hybridized carbons (Fsp3) is 0.333. The van der Waals surface area contributed by atoms with Gasteiger partial charge >= 0.3 is 5.97 Å². The fourth-order valence-electron chi connectivity index (χ4n) is 1.19. The lowest BCUT2D eigenvalue weighted by atomic mass is 9.94. The Morgan fingerprint density at radius 2 is 2.33 bits per heavy atom. The summed E-state index contributed by atoms with van der Waals surface area (Å²) in [5.74, 6) is -2.57. The number of carboxylic acids is 1. The molecular weight excluding hydrogens is 223 g/mol. The van der Waals surface area contributed by atoms with Crippen LogP contribution in [-0.2, 0) is 4.79 Å². The summed E-state index contributed by atoms with van der Waals surface area (Å²) in [6, 6.07) is 0.201. The van der Waals surface area contributed by atoms with Crippen molar-refractivity contribution < 1.29 is 14.3 Å². The third-order valence-electron chi connectivity index (χ3n) is 2.19. The number of aliphatic carboxylic acids is 1. The van der Waals surface area contributed by atoms with Crippen molar-refractivity contribution in [2.24, 2.45) is 5.73 Å². The summed E-state index contributed by atoms with van der Waals surface area (Å²) in [4.78, 5) is 14.1. The Bertz CT molecular complexity index is 386. The Hall–Kier alpha value is -1.20. The highest BCUT2D eigenvalue weighted by atomic mass is 35.5. The summed E-state index contributed by atoms with van der Waals surface area (Å²) >= 11 is 5.47. The third-order valence-corrected chi connectivity index (χ3v) is 2.45. The number of carboxylic acid groups (broad SMARTS) is 1. The third kappa shape index (κ3) is 2.43. The van der Waals surface area contributed by atoms with Crippen LogP contribution in [0.25, 0.3) is 0 Å². The second kappa shape index (κ2) is 4.55. The highest BCUT2D eigenvalue weighted by Crippen LogP contribution is 2.24. The van der Waals surface area contributed by atoms with Crippen LogP contribution < -0.4 is 5.73 Å². The molecule has 3 N–H and O–H groups in total. The number of rotatable bonds is 3. The molecule has 1 heterocycles. The first-order valence-corrected chi connectivity index (χ1v) is 4.61. The van der Waals surface area contributed by atoms with Gasteiger partial charge in [-0.05, 0) is 11.6 Å². The largest absolute Gasteiger partial charge is 0.480 e. The minimum Gasteiger partial charge on any atom is -0.480 e. The van der Waals surface area contributed by atoms with Crippen LogP contribution in [0.15, 0.2) is 12.3 Å². The first kappa shape index (κ1) is 11.9. The van der Waals surface area contributed by atoms with Gasteiger partial charge in [-0.1, -0.05) is 18.5 Å². The van der Waals surface area contributed by atoms with Gasteiger partial charge in [-0.2, -0.15) is 0 Å². The van der Waals surface area contributed by atoms with Crippen molar-refractivity contribution >= 4 is 17.6 Å². The van der Waals surface area contributed by atoms with Crippen LogP contribution in [0.1, 0.15) is 18.4 Å². The van der Waals surface area contributed by atoms with Gasteiger partial charge < -0.3 is 10.8 Å². The standard InChI is InChI=1S/C9H10ClFN2O2/c1-4(7(12)9(14)15)5-2-3-13-8(10)6(5)11/h2-4,7H,12H2,1H3,(H,14,15)/t4?,7-/m1/s1. The molecule has 0 spiro atoms. The highest BCUT2D eigenvalue weighted by Gasteiger charge is 2.24. The average Bonchev–Trinajstić information content (AvgIpc) is 2.20. The van der Waals surface area contributed by atoms with Crippen LogP contribution >= 0.6 is 11.6 Å². The van der Waals surface area contributed by atoms with Crippen molar-refractivity contribution in [3.63, 3.8) is 0 Å². The summed E-state index contributed by atoms with van der Waals surface area (Å²) in [5, 5.41) is 8.40. The molecule has 82 valence electrons. The number of hydrogen-bond acceptors (Lipinski definition) is 3. The average molecular weight is 233 g/mol. The molecule has 0 bridgehead atoms. The molecule has 15 heavy (non-hydrogen) atoms. The molecule has 2 atom stereocenters. The van der Waals surface area contributed by atoms with Crippen LogP contribution in [0.4, 0.5) is 4.39 Å². The van der Waals surface area contributed by atoms with Crippen molar-refractivity contribution in [2.75, 3.05) is 0 Å². The molecule has 4 nitrogen and oxygen atoms in total. The smallest absolute Gasteiger partial charge is 0.321 e. The summed E-state index contributed by atoms with van der Waals surface area (Å²) in [7, 11) is 0. The summed E-state index contributed by atoms with van der Waals surface area (Å²) in [6.07, 6.45) is 1.31. The number of hydrogen-bond donors (Lipinski definition) is 2. The van der Waals surface area contributed by atoms with Crippen LogP contribution in [-0.4, -0.2) is 22.1 Å². The molecule has 0 radical (unpaired) electrons. The van der Waals surface area contributed by atoms with E-state index in [0.717, 1.165) is 0 Å². The normalized spacial score (nSPS) is 14.7. The molecule has 0 saturated heterocycles. The number of halogens is 2. The summed E-state index contributed by atoms with van der Waals surface area (Å²) in [5.41, 5.74) is 5.54. The highest BCUT2D eigenvalue weighted by molar-refractivity contribution is 6.29. The first-order valence-electron chi connectivity index (χ1n) is 4.23. The zero-order valence-electron chi connectivity index (χ0n) is 7.95. The molecule has 1 aromatic heterocycles. The molecule has 1 unspecified atom stereocenters. The van der Waals surface area contributed by atoms with Crippen molar-refractivity contribution in [3.05, 3.63) is 28.8 Å². The van der Waals surface area contributed by atoms with Crippen molar-refractivity contribution in [1.82, 2.24) is 4.98 Å². The monoisotopic (exact) mass is 232 g/mol. The molecule has 0 fully saturated rings. The van der Waals surface area contributed by atoms with Gasteiger partial charge in [-0.15, -0.1) is 0 Å². The maximum atomic E-state index is 13.4. The molecule has 0 aliphatic carbocycles. The number of aromatic nitrogens is 1. The van der Waals surface area contributed by atoms with Crippen LogP contribution in [0.5, 0.6) is 0 Å². The molecule has 0 saturated carbocycles. The van der Waals surface area contributed by atoms with Crippen molar-refractivity contribution in [1.29, 1.82) is 0 Å². The van der Waals surface area contributed by atoms with E-state index in [1.165, 1.54) is 19.2 Å². The van der Waals surface area contributed by atoms with Gasteiger partial charge in [0.25, 0.3) is 0 Å². The minimum absolute atomic E-state index is 0.157. The number of carbonyl (C=O) groups is 1. The lowest BCUT2D eigenvalue weighted by Crippen LogP contribution is -2.35. The van der Waals surface area contributed by atoms with Gasteiger partial charge in [0, 0.05) is 12.1 Å². The van der Waals surface area contributed by atoms with E-state index in [4.69, 9.17) is 22.4 Å². The van der Waals surface area contributed by atoms with E-state index in [1.54, 1.807) is 0 Å². The van der Waals surface area contributed by atoms with Gasteiger partial charge in [0.1, 0.15) is 6.04 Å². The van der Waals surface area contributed by atoms with Crippen LogP contribution in [0.3, 0.4) is 0 Å². The SMILES string of the molecule is CC(c1ccnc(Cl)c1F)[C@@H](N)C(=O)O. The number of nitrogens with zero attached hydrogens (tertiary/aromatic N) is 1. The van der Waals surface area contributed by atoms with E-state index < -0.39 is 23.7 Å². The molecule has 0 aliphatic rings. The van der Waals surface area contributed by atoms with Gasteiger partial charge in [-0.25, -0.2) is 9.37 Å². The molecule has 1 aromatic rings. The fourth-order valence-corrected chi connectivity index (χ4v) is 1.36. The Morgan fingerprint density at radius 3 is 2.87 bits per heavy atom. The first-order chi connectivity index (χ1) is 6.95. The quantitative estimate of drug-likeness (QED) is 0.773. The van der Waals surface area contributed by atoms with E-state index in [0.29, 0.717) is 0 Å². The van der Waals surface area contributed by atoms with E-state index in [9.17, 15) is 9.18 Å². The summed E-state index contributed by atoms with van der Waals surface area (Å²) in [6.45, 7) is 1.52. The van der Waals surface area contributed by atoms with Gasteiger partial charge in [0.2, 0.25) is 0 Å². The van der Waals surface area contributed by atoms with Crippen LogP contribution in [0, 0.1) is 5.82 Å². The maximum absolute atomic E-state index is 13.4. The van der Waals surface area contributed by atoms with Gasteiger partial charge in [0.05, 0.1) is 0 Å². The van der Waals surface area contributed by atoms with E-state index in [2.05, 4.69) is 4.98 Å². The van der Waals surface area contributed by atoms with E-state index >= 15 is 0 Å². The lowest BCUT2D eigenvalue weighted by Gasteiger charge is -2.16. The van der Waals surface area contributed by atoms with Crippen molar-refractivity contribution in [3.8, 4) is 0 Å². The number of nitrogens with two attached hydrogens (primary N) is 1. The Kier molecular flexibility index (Phi) is 3.60. The predicted octanol–water partition coefficient (Wildman–Crippen LogP) is 1.39. The molecular formula is C9H10ClFN2O2. The van der Waals surface area contributed by atoms with Gasteiger partial charge in [-0.3, -0.25) is 4.79 Å². The Morgan fingerprint density at radius 1 is 1.73 bits per heavy atom. The van der Waals surface area contributed by atoms with E-state index in [-0.39, 0.29) is 10.7 Å².